The fourth-order valence-corrected chi connectivity index (χ4v) is 2.22. The van der Waals surface area contributed by atoms with Crippen LogP contribution < -0.4 is 10.1 Å². The predicted octanol–water partition coefficient (Wildman–Crippen LogP) is 3.36. The van der Waals surface area contributed by atoms with E-state index in [4.69, 9.17) is 4.74 Å². The maximum absolute atomic E-state index is 6.01. The topological polar surface area (TPSA) is 39.1 Å². The molecular weight excluding hydrogens is 250 g/mol. The van der Waals surface area contributed by atoms with Gasteiger partial charge in [-0.25, -0.2) is 4.68 Å². The van der Waals surface area contributed by atoms with Crippen molar-refractivity contribution in [1.29, 1.82) is 0 Å². The van der Waals surface area contributed by atoms with E-state index in [1.165, 1.54) is 5.56 Å². The summed E-state index contributed by atoms with van der Waals surface area (Å²) in [5.74, 6) is 2.17. The van der Waals surface area contributed by atoms with Crippen LogP contribution >= 0.6 is 0 Å². The maximum Gasteiger partial charge on any atom is 0.222 e. The second-order valence-corrected chi connectivity index (χ2v) is 5.35. The van der Waals surface area contributed by atoms with E-state index in [9.17, 15) is 0 Å². The molecule has 4 nitrogen and oxygen atoms in total. The molecule has 0 aliphatic carbocycles. The van der Waals surface area contributed by atoms with Crippen molar-refractivity contribution in [1.82, 2.24) is 15.1 Å². The number of nitrogens with one attached hydrogen (secondary N) is 1. The number of aromatic nitrogens is 2. The number of ether oxygens (including phenoxy) is 1. The minimum Gasteiger partial charge on any atom is -0.439 e. The van der Waals surface area contributed by atoms with E-state index in [0.29, 0.717) is 5.92 Å². The number of nitrogens with zero attached hydrogens (tertiary/aromatic N) is 2. The zero-order valence-corrected chi connectivity index (χ0v) is 12.9. The largest absolute Gasteiger partial charge is 0.439 e. The van der Waals surface area contributed by atoms with Crippen molar-refractivity contribution in [3.63, 3.8) is 0 Å². The van der Waals surface area contributed by atoms with Gasteiger partial charge in [0.15, 0.2) is 0 Å². The maximum atomic E-state index is 6.01. The summed E-state index contributed by atoms with van der Waals surface area (Å²) in [6.45, 7) is 7.12. The van der Waals surface area contributed by atoms with Gasteiger partial charge in [-0.15, -0.1) is 0 Å². The number of benzene rings is 1. The van der Waals surface area contributed by atoms with Crippen LogP contribution in [0.5, 0.6) is 11.6 Å². The van der Waals surface area contributed by atoms with Gasteiger partial charge in [0.1, 0.15) is 5.75 Å². The number of rotatable bonds is 5. The monoisotopic (exact) mass is 273 g/mol. The zero-order valence-electron chi connectivity index (χ0n) is 12.9. The molecule has 4 heteroatoms. The second kappa shape index (κ2) is 6.09. The van der Waals surface area contributed by atoms with Crippen molar-refractivity contribution >= 4 is 0 Å². The molecule has 0 fully saturated rings. The van der Waals surface area contributed by atoms with Crippen LogP contribution in [0.25, 0.3) is 0 Å². The SMILES string of the molecule is CNCc1c(C)nn(C)c1Oc1ccc(C(C)C)cc1. The molecule has 2 rings (SSSR count). The summed E-state index contributed by atoms with van der Waals surface area (Å²) in [4.78, 5) is 0. The Morgan fingerprint density at radius 3 is 2.45 bits per heavy atom. The lowest BCUT2D eigenvalue weighted by Gasteiger charge is -2.10. The fourth-order valence-electron chi connectivity index (χ4n) is 2.22. The molecule has 108 valence electrons. The highest BCUT2D eigenvalue weighted by Crippen LogP contribution is 2.28. The van der Waals surface area contributed by atoms with Crippen LogP contribution in [0.1, 0.15) is 36.6 Å². The molecule has 2 aromatic rings. The lowest BCUT2D eigenvalue weighted by Crippen LogP contribution is -2.07. The first-order chi connectivity index (χ1) is 9.52. The Labute approximate surface area is 120 Å². The van der Waals surface area contributed by atoms with Crippen molar-refractivity contribution in [2.24, 2.45) is 7.05 Å². The van der Waals surface area contributed by atoms with Crippen LogP contribution in [0, 0.1) is 6.92 Å². The highest BCUT2D eigenvalue weighted by Gasteiger charge is 2.14. The Balaban J connectivity index is 2.25. The quantitative estimate of drug-likeness (QED) is 0.908. The summed E-state index contributed by atoms with van der Waals surface area (Å²) < 4.78 is 7.80. The van der Waals surface area contributed by atoms with Crippen LogP contribution in [0.4, 0.5) is 0 Å². The van der Waals surface area contributed by atoms with Gasteiger partial charge < -0.3 is 10.1 Å². The molecule has 1 aromatic heterocycles. The van der Waals surface area contributed by atoms with Crippen LogP contribution in [0.2, 0.25) is 0 Å². The van der Waals surface area contributed by atoms with Gasteiger partial charge in [-0.05, 0) is 37.6 Å². The summed E-state index contributed by atoms with van der Waals surface area (Å²) >= 11 is 0. The van der Waals surface area contributed by atoms with Gasteiger partial charge in [0.05, 0.1) is 11.3 Å². The molecular formula is C16H23N3O. The van der Waals surface area contributed by atoms with E-state index in [1.54, 1.807) is 4.68 Å². The predicted molar refractivity (Wildman–Crippen MR) is 81.3 cm³/mol. The number of hydrogen-bond donors (Lipinski definition) is 1. The van der Waals surface area contributed by atoms with E-state index in [1.807, 2.05) is 33.2 Å². The Kier molecular flexibility index (Phi) is 4.45. The minimum atomic E-state index is 0.530. The highest BCUT2D eigenvalue weighted by atomic mass is 16.5. The van der Waals surface area contributed by atoms with E-state index in [0.717, 1.165) is 29.4 Å². The van der Waals surface area contributed by atoms with Crippen molar-refractivity contribution in [2.45, 2.75) is 33.2 Å². The van der Waals surface area contributed by atoms with Crippen molar-refractivity contribution in [3.05, 3.63) is 41.1 Å². The molecule has 0 aliphatic rings. The Morgan fingerprint density at radius 2 is 1.90 bits per heavy atom. The van der Waals surface area contributed by atoms with E-state index in [2.05, 4.69) is 36.4 Å². The normalized spacial score (nSPS) is 11.1. The molecule has 0 saturated heterocycles. The minimum absolute atomic E-state index is 0.530. The van der Waals surface area contributed by atoms with Gasteiger partial charge in [-0.1, -0.05) is 26.0 Å². The molecule has 1 heterocycles. The van der Waals surface area contributed by atoms with E-state index in [-0.39, 0.29) is 0 Å². The second-order valence-electron chi connectivity index (χ2n) is 5.35. The van der Waals surface area contributed by atoms with E-state index < -0.39 is 0 Å². The third-order valence-electron chi connectivity index (χ3n) is 3.40. The Morgan fingerprint density at radius 1 is 1.25 bits per heavy atom. The van der Waals surface area contributed by atoms with Gasteiger partial charge in [0.25, 0.3) is 0 Å². The van der Waals surface area contributed by atoms with Crippen LogP contribution in [-0.2, 0) is 13.6 Å². The van der Waals surface area contributed by atoms with Crippen molar-refractivity contribution < 1.29 is 4.74 Å². The highest BCUT2D eigenvalue weighted by molar-refractivity contribution is 5.37. The average Bonchev–Trinajstić information content (AvgIpc) is 2.67. The molecule has 20 heavy (non-hydrogen) atoms. The molecule has 0 unspecified atom stereocenters. The summed E-state index contributed by atoms with van der Waals surface area (Å²) in [6.07, 6.45) is 0. The van der Waals surface area contributed by atoms with Crippen molar-refractivity contribution in [2.75, 3.05) is 7.05 Å². The molecule has 0 atom stereocenters. The standard InChI is InChI=1S/C16H23N3O/c1-11(2)13-6-8-14(9-7-13)20-16-15(10-17-4)12(3)18-19(16)5/h6-9,11,17H,10H2,1-5H3. The van der Waals surface area contributed by atoms with Crippen LogP contribution in [0.3, 0.4) is 0 Å². The smallest absolute Gasteiger partial charge is 0.222 e. The first-order valence-electron chi connectivity index (χ1n) is 6.97. The van der Waals surface area contributed by atoms with Gasteiger partial charge in [0, 0.05) is 13.6 Å². The summed E-state index contributed by atoms with van der Waals surface area (Å²) in [6, 6.07) is 8.25. The molecule has 0 amide bonds. The van der Waals surface area contributed by atoms with Crippen molar-refractivity contribution in [3.8, 4) is 11.6 Å². The number of aryl methyl sites for hydroxylation is 2. The average molecular weight is 273 g/mol. The van der Waals surface area contributed by atoms with Gasteiger partial charge in [-0.3, -0.25) is 0 Å². The number of hydrogen-bond acceptors (Lipinski definition) is 3. The Hall–Kier alpha value is -1.81. The third-order valence-corrected chi connectivity index (χ3v) is 3.40. The van der Waals surface area contributed by atoms with E-state index >= 15 is 0 Å². The summed E-state index contributed by atoms with van der Waals surface area (Å²) in [5.41, 5.74) is 3.41. The van der Waals surface area contributed by atoms with Gasteiger partial charge in [-0.2, -0.15) is 5.10 Å². The summed E-state index contributed by atoms with van der Waals surface area (Å²) in [7, 11) is 3.83. The lowest BCUT2D eigenvalue weighted by atomic mass is 10.0. The molecule has 1 aromatic carbocycles. The molecule has 0 radical (unpaired) electrons. The zero-order chi connectivity index (χ0) is 14.7. The van der Waals surface area contributed by atoms with Crippen LogP contribution in [0.15, 0.2) is 24.3 Å². The van der Waals surface area contributed by atoms with Crippen LogP contribution in [-0.4, -0.2) is 16.8 Å². The third kappa shape index (κ3) is 3.02. The fraction of sp³-hybridized carbons (Fsp3) is 0.438. The molecule has 0 spiro atoms. The summed E-state index contributed by atoms with van der Waals surface area (Å²) in [5, 5.41) is 7.58. The van der Waals surface area contributed by atoms with Gasteiger partial charge in [0.2, 0.25) is 5.88 Å². The first kappa shape index (κ1) is 14.6. The molecule has 0 saturated carbocycles. The molecule has 0 bridgehead atoms. The molecule has 0 aliphatic heterocycles. The molecule has 1 N–H and O–H groups in total. The van der Waals surface area contributed by atoms with Gasteiger partial charge >= 0.3 is 0 Å². The Bertz CT molecular complexity index is 570. The first-order valence-corrected chi connectivity index (χ1v) is 6.97. The lowest BCUT2D eigenvalue weighted by molar-refractivity contribution is 0.424.